The molecule has 0 aliphatic rings. The zero-order chi connectivity index (χ0) is 13.7. The number of halogens is 1. The second kappa shape index (κ2) is 6.70. The molecule has 1 aromatic carbocycles. The number of ether oxygens (including phenoxy) is 1. The van der Waals surface area contributed by atoms with Crippen molar-refractivity contribution in [1.29, 1.82) is 0 Å². The van der Waals surface area contributed by atoms with E-state index in [0.29, 0.717) is 17.7 Å². The molecule has 0 spiro atoms. The highest BCUT2D eigenvalue weighted by Gasteiger charge is 2.17. The van der Waals surface area contributed by atoms with Crippen molar-refractivity contribution in [2.45, 2.75) is 19.4 Å². The minimum absolute atomic E-state index is 0.251. The molecule has 1 atom stereocenters. The molecular formula is C12H15BrN2O2S. The van der Waals surface area contributed by atoms with Crippen molar-refractivity contribution in [2.24, 2.45) is 5.73 Å². The Balaban J connectivity index is 2.93. The van der Waals surface area contributed by atoms with Crippen LogP contribution in [0.2, 0.25) is 0 Å². The number of carbonyl (C=O) groups excluding carboxylic acids is 1. The predicted octanol–water partition coefficient (Wildman–Crippen LogP) is 2.25. The fourth-order valence-corrected chi connectivity index (χ4v) is 2.03. The topological polar surface area (TPSA) is 64.3 Å². The van der Waals surface area contributed by atoms with Crippen LogP contribution in [0, 0.1) is 0 Å². The summed E-state index contributed by atoms with van der Waals surface area (Å²) in [6.07, 6.45) is 0.653. The normalized spacial score (nSPS) is 11.7. The monoisotopic (exact) mass is 330 g/mol. The lowest BCUT2D eigenvalue weighted by molar-refractivity contribution is 0.0943. The summed E-state index contributed by atoms with van der Waals surface area (Å²) in [7, 11) is 1.52. The first kappa shape index (κ1) is 14.9. The summed E-state index contributed by atoms with van der Waals surface area (Å²) in [5.74, 6) is 0.249. The van der Waals surface area contributed by atoms with Crippen LogP contribution in [0.3, 0.4) is 0 Å². The van der Waals surface area contributed by atoms with Gasteiger partial charge in [-0.3, -0.25) is 4.79 Å². The Morgan fingerprint density at radius 2 is 2.28 bits per heavy atom. The van der Waals surface area contributed by atoms with Gasteiger partial charge in [0.1, 0.15) is 5.75 Å². The van der Waals surface area contributed by atoms with Gasteiger partial charge < -0.3 is 15.8 Å². The summed E-state index contributed by atoms with van der Waals surface area (Å²) in [4.78, 5) is 12.4. The van der Waals surface area contributed by atoms with Gasteiger partial charge in [-0.15, -0.1) is 0 Å². The lowest BCUT2D eigenvalue weighted by Crippen LogP contribution is -2.43. The van der Waals surface area contributed by atoms with Crippen LogP contribution >= 0.6 is 28.1 Å². The van der Waals surface area contributed by atoms with Crippen molar-refractivity contribution in [3.05, 3.63) is 28.2 Å². The van der Waals surface area contributed by atoms with Crippen LogP contribution < -0.4 is 15.8 Å². The zero-order valence-corrected chi connectivity index (χ0v) is 12.6. The van der Waals surface area contributed by atoms with Crippen LogP contribution in [0.1, 0.15) is 23.7 Å². The number of nitrogens with two attached hydrogens (primary N) is 1. The quantitative estimate of drug-likeness (QED) is 0.813. The second-order valence-electron chi connectivity index (χ2n) is 3.68. The number of nitrogens with one attached hydrogen (secondary N) is 1. The van der Waals surface area contributed by atoms with Crippen LogP contribution in [-0.2, 0) is 0 Å². The van der Waals surface area contributed by atoms with Gasteiger partial charge in [-0.2, -0.15) is 0 Å². The third-order valence-electron chi connectivity index (χ3n) is 2.47. The number of carbonyl (C=O) groups is 1. The molecule has 0 aromatic heterocycles. The van der Waals surface area contributed by atoms with E-state index in [2.05, 4.69) is 21.2 Å². The molecule has 98 valence electrons. The first-order valence-electron chi connectivity index (χ1n) is 5.43. The molecule has 0 radical (unpaired) electrons. The Morgan fingerprint density at radius 1 is 1.61 bits per heavy atom. The Morgan fingerprint density at radius 3 is 2.78 bits per heavy atom. The van der Waals surface area contributed by atoms with Crippen molar-refractivity contribution in [1.82, 2.24) is 5.32 Å². The van der Waals surface area contributed by atoms with Gasteiger partial charge in [-0.05, 0) is 24.6 Å². The number of hydrogen-bond acceptors (Lipinski definition) is 3. The standard InChI is InChI=1S/C12H15BrN2O2S/c1-3-9(11(14)18)15-12(16)8-5-4-7(13)6-10(8)17-2/h4-6,9H,3H2,1-2H3,(H2,14,18)(H,15,16). The molecule has 0 saturated carbocycles. The molecule has 0 saturated heterocycles. The maximum Gasteiger partial charge on any atom is 0.255 e. The van der Waals surface area contributed by atoms with E-state index < -0.39 is 0 Å². The van der Waals surface area contributed by atoms with Crippen LogP contribution in [0.4, 0.5) is 0 Å². The summed E-state index contributed by atoms with van der Waals surface area (Å²) < 4.78 is 6.01. The summed E-state index contributed by atoms with van der Waals surface area (Å²) in [6.45, 7) is 1.91. The van der Waals surface area contributed by atoms with Gasteiger partial charge in [0.05, 0.1) is 23.7 Å². The molecule has 4 nitrogen and oxygen atoms in total. The van der Waals surface area contributed by atoms with Crippen molar-refractivity contribution in [3.63, 3.8) is 0 Å². The summed E-state index contributed by atoms with van der Waals surface area (Å²) in [5.41, 5.74) is 6.00. The van der Waals surface area contributed by atoms with Gasteiger partial charge in [-0.1, -0.05) is 35.1 Å². The maximum atomic E-state index is 12.1. The molecular weight excluding hydrogens is 316 g/mol. The SMILES string of the molecule is CCC(NC(=O)c1ccc(Br)cc1OC)C(N)=S. The predicted molar refractivity (Wildman–Crippen MR) is 79.0 cm³/mol. The number of rotatable bonds is 5. The Hall–Kier alpha value is -1.14. The molecule has 0 heterocycles. The van der Waals surface area contributed by atoms with E-state index in [0.717, 1.165) is 4.47 Å². The molecule has 0 aliphatic heterocycles. The Kier molecular flexibility index (Phi) is 5.55. The second-order valence-corrected chi connectivity index (χ2v) is 5.07. The molecule has 1 aromatic rings. The van der Waals surface area contributed by atoms with Crippen molar-refractivity contribution < 1.29 is 9.53 Å². The number of methoxy groups -OCH3 is 1. The molecule has 1 amide bonds. The van der Waals surface area contributed by atoms with Gasteiger partial charge in [0.15, 0.2) is 0 Å². The van der Waals surface area contributed by atoms with Gasteiger partial charge in [0.25, 0.3) is 5.91 Å². The molecule has 3 N–H and O–H groups in total. The number of hydrogen-bond donors (Lipinski definition) is 2. The minimum atomic E-state index is -0.305. The van der Waals surface area contributed by atoms with Crippen molar-refractivity contribution in [2.75, 3.05) is 7.11 Å². The van der Waals surface area contributed by atoms with Gasteiger partial charge >= 0.3 is 0 Å². The fourth-order valence-electron chi connectivity index (χ4n) is 1.46. The van der Waals surface area contributed by atoms with E-state index in [9.17, 15) is 4.79 Å². The van der Waals surface area contributed by atoms with E-state index in [-0.39, 0.29) is 16.9 Å². The summed E-state index contributed by atoms with van der Waals surface area (Å²) in [5, 5.41) is 2.78. The van der Waals surface area contributed by atoms with Crippen LogP contribution in [0.15, 0.2) is 22.7 Å². The van der Waals surface area contributed by atoms with E-state index in [1.807, 2.05) is 6.92 Å². The average Bonchev–Trinajstić information content (AvgIpc) is 2.34. The van der Waals surface area contributed by atoms with E-state index in [1.54, 1.807) is 18.2 Å². The molecule has 0 fully saturated rings. The van der Waals surface area contributed by atoms with E-state index in [1.165, 1.54) is 7.11 Å². The molecule has 1 rings (SSSR count). The summed E-state index contributed by atoms with van der Waals surface area (Å²) in [6, 6.07) is 4.89. The third-order valence-corrected chi connectivity index (χ3v) is 3.24. The number of benzene rings is 1. The Labute approximate surface area is 120 Å². The first-order valence-corrected chi connectivity index (χ1v) is 6.63. The average molecular weight is 331 g/mol. The van der Waals surface area contributed by atoms with Crippen LogP contribution in [0.25, 0.3) is 0 Å². The van der Waals surface area contributed by atoms with Gasteiger partial charge in [0.2, 0.25) is 0 Å². The molecule has 1 unspecified atom stereocenters. The van der Waals surface area contributed by atoms with E-state index in [4.69, 9.17) is 22.7 Å². The van der Waals surface area contributed by atoms with Crippen LogP contribution in [0.5, 0.6) is 5.75 Å². The minimum Gasteiger partial charge on any atom is -0.496 e. The first-order chi connectivity index (χ1) is 8.49. The zero-order valence-electron chi connectivity index (χ0n) is 10.2. The van der Waals surface area contributed by atoms with Gasteiger partial charge in [0, 0.05) is 4.47 Å². The third kappa shape index (κ3) is 3.68. The van der Waals surface area contributed by atoms with E-state index >= 15 is 0 Å². The van der Waals surface area contributed by atoms with Crippen LogP contribution in [-0.4, -0.2) is 24.0 Å². The smallest absolute Gasteiger partial charge is 0.255 e. The largest absolute Gasteiger partial charge is 0.496 e. The highest BCUT2D eigenvalue weighted by molar-refractivity contribution is 9.10. The van der Waals surface area contributed by atoms with Crippen molar-refractivity contribution in [3.8, 4) is 5.75 Å². The molecule has 6 heteroatoms. The highest BCUT2D eigenvalue weighted by Crippen LogP contribution is 2.23. The molecule has 0 aliphatic carbocycles. The fraction of sp³-hybridized carbons (Fsp3) is 0.333. The lowest BCUT2D eigenvalue weighted by atomic mass is 10.1. The number of amides is 1. The molecule has 18 heavy (non-hydrogen) atoms. The Bertz CT molecular complexity index is 465. The molecule has 0 bridgehead atoms. The maximum absolute atomic E-state index is 12.1. The summed E-state index contributed by atoms with van der Waals surface area (Å²) >= 11 is 8.21. The van der Waals surface area contributed by atoms with Gasteiger partial charge in [-0.25, -0.2) is 0 Å². The number of thiocarbonyl (C=S) groups is 1. The van der Waals surface area contributed by atoms with Crippen molar-refractivity contribution >= 4 is 39.0 Å². The highest BCUT2D eigenvalue weighted by atomic mass is 79.9. The lowest BCUT2D eigenvalue weighted by Gasteiger charge is -2.16.